The molecule has 21 heavy (non-hydrogen) atoms. The number of H-pyrrole nitrogens is 1. The molecule has 0 aliphatic heterocycles. The summed E-state index contributed by atoms with van der Waals surface area (Å²) in [7, 11) is 0. The highest BCUT2D eigenvalue weighted by atomic mass is 19.2. The number of hydrogen-bond acceptors (Lipinski definition) is 1. The zero-order valence-electron chi connectivity index (χ0n) is 11.4. The van der Waals surface area contributed by atoms with Gasteiger partial charge in [0.2, 0.25) is 0 Å². The third-order valence-corrected chi connectivity index (χ3v) is 3.52. The van der Waals surface area contributed by atoms with Crippen molar-refractivity contribution < 1.29 is 13.6 Å². The molecule has 0 aliphatic rings. The molecule has 106 valence electrons. The van der Waals surface area contributed by atoms with Crippen LogP contribution in [-0.4, -0.2) is 10.8 Å². The summed E-state index contributed by atoms with van der Waals surface area (Å²) in [5, 5.41) is 0.803. The summed E-state index contributed by atoms with van der Waals surface area (Å²) in [6, 6.07) is 9.61. The quantitative estimate of drug-likeness (QED) is 0.719. The molecule has 0 atom stereocenters. The van der Waals surface area contributed by atoms with Crippen LogP contribution in [-0.2, 0) is 6.42 Å². The zero-order chi connectivity index (χ0) is 15.0. The van der Waals surface area contributed by atoms with Crippen LogP contribution in [0.5, 0.6) is 0 Å². The van der Waals surface area contributed by atoms with Gasteiger partial charge in [0.15, 0.2) is 17.4 Å². The molecule has 0 unspecified atom stereocenters. The van der Waals surface area contributed by atoms with Gasteiger partial charge in [-0.1, -0.05) is 23.8 Å². The summed E-state index contributed by atoms with van der Waals surface area (Å²) in [5.74, 6) is -2.13. The van der Waals surface area contributed by atoms with Crippen LogP contribution in [0.15, 0.2) is 42.6 Å². The Bertz CT molecular complexity index is 836. The van der Waals surface area contributed by atoms with E-state index in [4.69, 9.17) is 0 Å². The minimum absolute atomic E-state index is 0.0713. The normalized spacial score (nSPS) is 11.0. The van der Waals surface area contributed by atoms with Crippen molar-refractivity contribution in [3.8, 4) is 0 Å². The fraction of sp³-hybridized carbons (Fsp3) is 0.118. The van der Waals surface area contributed by atoms with Crippen LogP contribution in [0.25, 0.3) is 10.9 Å². The number of carbonyl (C=O) groups is 1. The first-order valence-corrected chi connectivity index (χ1v) is 6.60. The number of aromatic nitrogens is 1. The zero-order valence-corrected chi connectivity index (χ0v) is 11.4. The van der Waals surface area contributed by atoms with Crippen molar-refractivity contribution in [2.75, 3.05) is 0 Å². The number of benzene rings is 2. The first-order chi connectivity index (χ1) is 10.1. The number of halogens is 2. The summed E-state index contributed by atoms with van der Waals surface area (Å²) < 4.78 is 26.8. The highest BCUT2D eigenvalue weighted by Gasteiger charge is 2.16. The van der Waals surface area contributed by atoms with Crippen LogP contribution in [0.2, 0.25) is 0 Å². The second-order valence-electron chi connectivity index (χ2n) is 5.06. The largest absolute Gasteiger partial charge is 0.360 e. The molecule has 2 nitrogen and oxygen atoms in total. The number of ketones is 1. The predicted molar refractivity (Wildman–Crippen MR) is 77.4 cm³/mol. The first kappa shape index (κ1) is 13.5. The molecule has 1 aromatic heterocycles. The molecule has 0 radical (unpaired) electrons. The van der Waals surface area contributed by atoms with Gasteiger partial charge in [-0.15, -0.1) is 0 Å². The Balaban J connectivity index is 1.97. The smallest absolute Gasteiger partial charge is 0.169 e. The van der Waals surface area contributed by atoms with Crippen molar-refractivity contribution in [2.24, 2.45) is 0 Å². The standard InChI is InChI=1S/C17H13F2NO/c1-10-5-6-15-12(7-10)13(9-20-15)16(21)8-11-3-2-4-14(18)17(11)19/h2-7,9,20H,8H2,1H3. The van der Waals surface area contributed by atoms with E-state index in [0.717, 1.165) is 22.5 Å². The van der Waals surface area contributed by atoms with Gasteiger partial charge in [0.25, 0.3) is 0 Å². The Morgan fingerprint density at radius 3 is 2.81 bits per heavy atom. The van der Waals surface area contributed by atoms with Crippen LogP contribution < -0.4 is 0 Å². The van der Waals surface area contributed by atoms with Gasteiger partial charge in [0.1, 0.15) is 0 Å². The maximum absolute atomic E-state index is 13.6. The van der Waals surface area contributed by atoms with E-state index in [-0.39, 0.29) is 17.8 Å². The molecule has 1 N–H and O–H groups in total. The number of nitrogens with one attached hydrogen (secondary N) is 1. The maximum atomic E-state index is 13.6. The van der Waals surface area contributed by atoms with Crippen molar-refractivity contribution in [2.45, 2.75) is 13.3 Å². The van der Waals surface area contributed by atoms with Gasteiger partial charge in [0.05, 0.1) is 0 Å². The lowest BCUT2D eigenvalue weighted by Crippen LogP contribution is -2.05. The number of fused-ring (bicyclic) bond motifs is 1. The average Bonchev–Trinajstić information content (AvgIpc) is 2.87. The van der Waals surface area contributed by atoms with Gasteiger partial charge in [-0.05, 0) is 30.7 Å². The van der Waals surface area contributed by atoms with Crippen LogP contribution in [0, 0.1) is 18.6 Å². The van der Waals surface area contributed by atoms with E-state index in [2.05, 4.69) is 4.98 Å². The summed E-state index contributed by atoms with van der Waals surface area (Å²) >= 11 is 0. The van der Waals surface area contributed by atoms with Crippen LogP contribution >= 0.6 is 0 Å². The lowest BCUT2D eigenvalue weighted by Gasteiger charge is -2.03. The molecule has 0 saturated carbocycles. The Labute approximate surface area is 120 Å². The molecule has 3 rings (SSSR count). The fourth-order valence-electron chi connectivity index (χ4n) is 2.42. The molecular formula is C17H13F2NO. The first-order valence-electron chi connectivity index (χ1n) is 6.60. The number of aryl methyl sites for hydroxylation is 1. The van der Waals surface area contributed by atoms with Gasteiger partial charge >= 0.3 is 0 Å². The number of hydrogen-bond donors (Lipinski definition) is 1. The second-order valence-corrected chi connectivity index (χ2v) is 5.06. The Morgan fingerprint density at radius 1 is 1.19 bits per heavy atom. The van der Waals surface area contributed by atoms with E-state index in [0.29, 0.717) is 5.56 Å². The third kappa shape index (κ3) is 2.44. The van der Waals surface area contributed by atoms with Gasteiger partial charge in [-0.2, -0.15) is 0 Å². The van der Waals surface area contributed by atoms with Crippen molar-refractivity contribution in [1.82, 2.24) is 4.98 Å². The number of Topliss-reactive ketones (excluding diaryl/α,β-unsaturated/α-hetero) is 1. The van der Waals surface area contributed by atoms with Crippen LogP contribution in [0.3, 0.4) is 0 Å². The molecule has 0 fully saturated rings. The SMILES string of the molecule is Cc1ccc2[nH]cc(C(=O)Cc3cccc(F)c3F)c2c1. The van der Waals surface area contributed by atoms with Gasteiger partial charge in [0, 0.05) is 29.1 Å². The van der Waals surface area contributed by atoms with Crippen molar-refractivity contribution >= 4 is 16.7 Å². The lowest BCUT2D eigenvalue weighted by atomic mass is 10.0. The van der Waals surface area contributed by atoms with E-state index in [1.165, 1.54) is 12.1 Å². The van der Waals surface area contributed by atoms with E-state index >= 15 is 0 Å². The summed E-state index contributed by atoms with van der Waals surface area (Å²) in [4.78, 5) is 15.4. The molecule has 2 aromatic carbocycles. The van der Waals surface area contributed by atoms with E-state index < -0.39 is 11.6 Å². The van der Waals surface area contributed by atoms with E-state index in [9.17, 15) is 13.6 Å². The Kier molecular flexibility index (Phi) is 3.29. The average molecular weight is 285 g/mol. The third-order valence-electron chi connectivity index (χ3n) is 3.52. The second kappa shape index (κ2) is 5.13. The molecule has 0 bridgehead atoms. The number of aromatic amines is 1. The predicted octanol–water partition coefficient (Wildman–Crippen LogP) is 4.18. The minimum atomic E-state index is -0.957. The molecule has 0 spiro atoms. The van der Waals surface area contributed by atoms with Crippen molar-refractivity contribution in [3.63, 3.8) is 0 Å². The molecule has 0 aliphatic carbocycles. The number of carbonyl (C=O) groups excluding carboxylic acids is 1. The molecule has 0 amide bonds. The summed E-state index contributed by atoms with van der Waals surface area (Å²) in [5.41, 5.74) is 2.45. The lowest BCUT2D eigenvalue weighted by molar-refractivity contribution is 0.0993. The molecule has 0 saturated heterocycles. The minimum Gasteiger partial charge on any atom is -0.360 e. The fourth-order valence-corrected chi connectivity index (χ4v) is 2.42. The molecule has 4 heteroatoms. The summed E-state index contributed by atoms with van der Waals surface area (Å²) in [6.07, 6.45) is 1.45. The highest BCUT2D eigenvalue weighted by molar-refractivity contribution is 6.08. The molecular weight excluding hydrogens is 272 g/mol. The van der Waals surface area contributed by atoms with Gasteiger partial charge in [-0.3, -0.25) is 4.79 Å². The topological polar surface area (TPSA) is 32.9 Å². The van der Waals surface area contributed by atoms with Gasteiger partial charge < -0.3 is 4.98 Å². The van der Waals surface area contributed by atoms with Gasteiger partial charge in [-0.25, -0.2) is 8.78 Å². The van der Waals surface area contributed by atoms with Crippen LogP contribution in [0.4, 0.5) is 8.78 Å². The monoisotopic (exact) mass is 285 g/mol. The highest BCUT2D eigenvalue weighted by Crippen LogP contribution is 2.22. The Morgan fingerprint density at radius 2 is 2.00 bits per heavy atom. The number of rotatable bonds is 3. The van der Waals surface area contributed by atoms with Crippen molar-refractivity contribution in [3.05, 3.63) is 70.9 Å². The van der Waals surface area contributed by atoms with Crippen molar-refractivity contribution in [1.29, 1.82) is 0 Å². The van der Waals surface area contributed by atoms with Crippen LogP contribution in [0.1, 0.15) is 21.5 Å². The van der Waals surface area contributed by atoms with E-state index in [1.807, 2.05) is 25.1 Å². The molecule has 3 aromatic rings. The Hall–Kier alpha value is -2.49. The maximum Gasteiger partial charge on any atom is 0.169 e. The van der Waals surface area contributed by atoms with E-state index in [1.54, 1.807) is 6.20 Å². The molecule has 1 heterocycles. The summed E-state index contributed by atoms with van der Waals surface area (Å²) in [6.45, 7) is 1.94.